The van der Waals surface area contributed by atoms with Crippen molar-refractivity contribution in [2.24, 2.45) is 0 Å². The van der Waals surface area contributed by atoms with Crippen molar-refractivity contribution in [3.63, 3.8) is 0 Å². The molecule has 0 saturated carbocycles. The van der Waals surface area contributed by atoms with E-state index in [1.165, 1.54) is 24.3 Å². The van der Waals surface area contributed by atoms with E-state index in [2.05, 4.69) is 5.32 Å². The Morgan fingerprint density at radius 2 is 1.97 bits per heavy atom. The van der Waals surface area contributed by atoms with Gasteiger partial charge in [-0.15, -0.1) is 0 Å². The minimum Gasteiger partial charge on any atom is -0.459 e. The summed E-state index contributed by atoms with van der Waals surface area (Å²) < 4.78 is 5.01. The highest BCUT2D eigenvalue weighted by atomic mass is 35.5. The summed E-state index contributed by atoms with van der Waals surface area (Å²) in [5.74, 6) is -1.12. The third kappa shape index (κ3) is 5.31. The number of amides is 4. The lowest BCUT2D eigenvalue weighted by Crippen LogP contribution is -2.42. The summed E-state index contributed by atoms with van der Waals surface area (Å²) in [4.78, 5) is 51.3. The number of rotatable bonds is 7. The molecule has 1 aromatic heterocycles. The van der Waals surface area contributed by atoms with Gasteiger partial charge in [-0.25, -0.2) is 0 Å². The van der Waals surface area contributed by atoms with Crippen LogP contribution >= 0.6 is 23.4 Å². The normalized spacial score (nSPS) is 15.0. The summed E-state index contributed by atoms with van der Waals surface area (Å²) in [7, 11) is 1.47. The fourth-order valence-corrected chi connectivity index (χ4v) is 3.63. The van der Waals surface area contributed by atoms with Crippen molar-refractivity contribution >= 4 is 52.4 Å². The van der Waals surface area contributed by atoms with Crippen LogP contribution in [0.2, 0.25) is 5.02 Å². The second kappa shape index (κ2) is 9.64. The molecule has 0 atom stereocenters. The maximum absolute atomic E-state index is 12.5. The molecule has 0 aliphatic carbocycles. The Labute approximate surface area is 181 Å². The molecule has 1 aromatic carbocycles. The lowest BCUT2D eigenvalue weighted by atomic mass is 10.2. The first kappa shape index (κ1) is 21.7. The van der Waals surface area contributed by atoms with E-state index in [9.17, 15) is 19.2 Å². The quantitative estimate of drug-likeness (QED) is 0.655. The second-order valence-electron chi connectivity index (χ2n) is 6.37. The van der Waals surface area contributed by atoms with E-state index in [1.54, 1.807) is 36.4 Å². The molecule has 1 fully saturated rings. The van der Waals surface area contributed by atoms with E-state index in [4.69, 9.17) is 16.0 Å². The maximum Gasteiger partial charge on any atom is 0.293 e. The monoisotopic (exact) mass is 447 g/mol. The average Bonchev–Trinajstić information content (AvgIpc) is 3.33. The van der Waals surface area contributed by atoms with Crippen molar-refractivity contribution in [3.05, 3.63) is 63.9 Å². The van der Waals surface area contributed by atoms with Gasteiger partial charge in [0.2, 0.25) is 5.91 Å². The van der Waals surface area contributed by atoms with Crippen LogP contribution in [-0.4, -0.2) is 59.4 Å². The molecule has 0 radical (unpaired) electrons. The van der Waals surface area contributed by atoms with Gasteiger partial charge in [0, 0.05) is 25.2 Å². The molecule has 156 valence electrons. The van der Waals surface area contributed by atoms with Crippen LogP contribution < -0.4 is 5.32 Å². The third-order valence-electron chi connectivity index (χ3n) is 4.16. The molecule has 2 aromatic rings. The summed E-state index contributed by atoms with van der Waals surface area (Å²) in [5, 5.41) is 2.77. The Morgan fingerprint density at radius 3 is 2.63 bits per heavy atom. The van der Waals surface area contributed by atoms with Crippen LogP contribution in [0.5, 0.6) is 0 Å². The Morgan fingerprint density at radius 1 is 1.23 bits per heavy atom. The van der Waals surface area contributed by atoms with Gasteiger partial charge in [-0.1, -0.05) is 23.7 Å². The predicted octanol–water partition coefficient (Wildman–Crippen LogP) is 2.86. The Balaban J connectivity index is 1.49. The third-order valence-corrected chi connectivity index (χ3v) is 5.32. The molecule has 2 heterocycles. The van der Waals surface area contributed by atoms with Gasteiger partial charge in [-0.3, -0.25) is 24.1 Å². The van der Waals surface area contributed by atoms with E-state index >= 15 is 0 Å². The standard InChI is InChI=1S/C20H18ClN3O5S/c1-23(18(26)15-3-2-10-29-15)12-17(25)22-8-9-24-19(27)16(30-20(24)28)11-13-4-6-14(21)7-5-13/h2-7,10-11H,8-9,12H2,1H3,(H,22,25)/b16-11-. The van der Waals surface area contributed by atoms with Crippen LogP contribution in [0.15, 0.2) is 52.0 Å². The molecule has 0 unspecified atom stereocenters. The van der Waals surface area contributed by atoms with Crippen molar-refractivity contribution < 1.29 is 23.6 Å². The lowest BCUT2D eigenvalue weighted by molar-refractivity contribution is -0.124. The number of benzene rings is 1. The zero-order valence-corrected chi connectivity index (χ0v) is 17.5. The number of likely N-dealkylation sites (N-methyl/N-ethyl adjacent to an activating group) is 1. The van der Waals surface area contributed by atoms with Crippen LogP contribution in [0.1, 0.15) is 16.1 Å². The van der Waals surface area contributed by atoms with Crippen LogP contribution in [0.3, 0.4) is 0 Å². The summed E-state index contributed by atoms with van der Waals surface area (Å²) in [5.41, 5.74) is 0.752. The first-order chi connectivity index (χ1) is 14.3. The summed E-state index contributed by atoms with van der Waals surface area (Å²) in [6, 6.07) is 9.97. The first-order valence-corrected chi connectivity index (χ1v) is 10.1. The molecule has 1 aliphatic rings. The number of furan rings is 1. The van der Waals surface area contributed by atoms with Crippen molar-refractivity contribution in [3.8, 4) is 0 Å². The van der Waals surface area contributed by atoms with Gasteiger partial charge in [0.05, 0.1) is 17.7 Å². The number of hydrogen-bond acceptors (Lipinski definition) is 6. The van der Waals surface area contributed by atoms with Gasteiger partial charge in [-0.2, -0.15) is 0 Å². The van der Waals surface area contributed by atoms with E-state index in [0.717, 1.165) is 22.2 Å². The molecule has 1 aliphatic heterocycles. The van der Waals surface area contributed by atoms with Crippen LogP contribution in [0.4, 0.5) is 4.79 Å². The SMILES string of the molecule is CN(CC(=O)NCCN1C(=O)S/C(=C\c2ccc(Cl)cc2)C1=O)C(=O)c1ccco1. The number of carbonyl (C=O) groups is 4. The van der Waals surface area contributed by atoms with Crippen molar-refractivity contribution in [2.45, 2.75) is 0 Å². The van der Waals surface area contributed by atoms with Gasteiger partial charge < -0.3 is 14.6 Å². The van der Waals surface area contributed by atoms with Gasteiger partial charge in [0.25, 0.3) is 17.1 Å². The molecule has 0 bridgehead atoms. The fraction of sp³-hybridized carbons (Fsp3) is 0.200. The molecular formula is C20H18ClN3O5S. The molecular weight excluding hydrogens is 430 g/mol. The molecule has 30 heavy (non-hydrogen) atoms. The topological polar surface area (TPSA) is 99.9 Å². The molecule has 1 saturated heterocycles. The second-order valence-corrected chi connectivity index (χ2v) is 7.80. The highest BCUT2D eigenvalue weighted by molar-refractivity contribution is 8.18. The average molecular weight is 448 g/mol. The van der Waals surface area contributed by atoms with Crippen molar-refractivity contribution in [1.29, 1.82) is 0 Å². The summed E-state index contributed by atoms with van der Waals surface area (Å²) >= 11 is 6.69. The number of carbonyl (C=O) groups excluding carboxylic acids is 4. The zero-order valence-electron chi connectivity index (χ0n) is 16.0. The first-order valence-electron chi connectivity index (χ1n) is 8.92. The Hall–Kier alpha value is -3.04. The number of imide groups is 1. The van der Waals surface area contributed by atoms with E-state index < -0.39 is 23.0 Å². The molecule has 4 amide bonds. The van der Waals surface area contributed by atoms with Crippen molar-refractivity contribution in [1.82, 2.24) is 15.1 Å². The van der Waals surface area contributed by atoms with Crippen LogP contribution in [-0.2, 0) is 9.59 Å². The van der Waals surface area contributed by atoms with E-state index in [0.29, 0.717) is 9.93 Å². The van der Waals surface area contributed by atoms with Gasteiger partial charge in [0.1, 0.15) is 0 Å². The zero-order chi connectivity index (χ0) is 21.7. The maximum atomic E-state index is 12.5. The fourth-order valence-electron chi connectivity index (χ4n) is 2.64. The number of nitrogens with zero attached hydrogens (tertiary/aromatic N) is 2. The lowest BCUT2D eigenvalue weighted by Gasteiger charge is -2.16. The highest BCUT2D eigenvalue weighted by Crippen LogP contribution is 2.32. The predicted molar refractivity (Wildman–Crippen MR) is 113 cm³/mol. The van der Waals surface area contributed by atoms with Crippen LogP contribution in [0.25, 0.3) is 6.08 Å². The smallest absolute Gasteiger partial charge is 0.293 e. The number of halogens is 1. The summed E-state index contributed by atoms with van der Waals surface area (Å²) in [6.07, 6.45) is 2.99. The summed E-state index contributed by atoms with van der Waals surface area (Å²) in [6.45, 7) is -0.0734. The van der Waals surface area contributed by atoms with E-state index in [1.807, 2.05) is 0 Å². The number of nitrogens with one attached hydrogen (secondary N) is 1. The molecule has 0 spiro atoms. The molecule has 3 rings (SSSR count). The molecule has 1 N–H and O–H groups in total. The number of hydrogen-bond donors (Lipinski definition) is 1. The minimum absolute atomic E-state index is 0.0320. The van der Waals surface area contributed by atoms with Crippen LogP contribution in [0, 0.1) is 0 Å². The van der Waals surface area contributed by atoms with E-state index in [-0.39, 0.29) is 25.4 Å². The minimum atomic E-state index is -0.423. The van der Waals surface area contributed by atoms with Gasteiger partial charge in [-0.05, 0) is 47.7 Å². The van der Waals surface area contributed by atoms with Gasteiger partial charge in [0.15, 0.2) is 5.76 Å². The Kier molecular flexibility index (Phi) is 6.96. The Bertz CT molecular complexity index is 988. The molecule has 10 heteroatoms. The number of thioether (sulfide) groups is 1. The highest BCUT2D eigenvalue weighted by Gasteiger charge is 2.34. The molecule has 8 nitrogen and oxygen atoms in total. The van der Waals surface area contributed by atoms with Crippen molar-refractivity contribution in [2.75, 3.05) is 26.7 Å². The largest absolute Gasteiger partial charge is 0.459 e. The van der Waals surface area contributed by atoms with Gasteiger partial charge >= 0.3 is 0 Å².